The summed E-state index contributed by atoms with van der Waals surface area (Å²) in [6.45, 7) is 9.87. The summed E-state index contributed by atoms with van der Waals surface area (Å²) in [6.07, 6.45) is 2.35. The van der Waals surface area contributed by atoms with Gasteiger partial charge in [0.25, 0.3) is 0 Å². The van der Waals surface area contributed by atoms with Crippen molar-refractivity contribution in [1.82, 2.24) is 10.2 Å². The number of likely N-dealkylation sites (tertiary alicyclic amines) is 1. The average Bonchev–Trinajstić information content (AvgIpc) is 2.52. The lowest BCUT2D eigenvalue weighted by atomic mass is 10.0. The Hall–Kier alpha value is -0.610. The molecular formula is C12H25N3O. The molecule has 2 atom stereocenters. The summed E-state index contributed by atoms with van der Waals surface area (Å²) in [5.41, 5.74) is 5.74. The smallest absolute Gasteiger partial charge is 0.239 e. The predicted octanol–water partition coefficient (Wildman–Crippen LogP) is 0.713. The Morgan fingerprint density at radius 1 is 1.31 bits per heavy atom. The van der Waals surface area contributed by atoms with E-state index >= 15 is 0 Å². The van der Waals surface area contributed by atoms with E-state index in [2.05, 4.69) is 10.2 Å². The highest BCUT2D eigenvalue weighted by molar-refractivity contribution is 5.83. The monoisotopic (exact) mass is 227 g/mol. The highest BCUT2D eigenvalue weighted by atomic mass is 16.2. The van der Waals surface area contributed by atoms with E-state index in [4.69, 9.17) is 5.73 Å². The first-order valence-corrected chi connectivity index (χ1v) is 6.13. The van der Waals surface area contributed by atoms with Gasteiger partial charge in [0.05, 0.1) is 0 Å². The quantitative estimate of drug-likeness (QED) is 0.746. The maximum atomic E-state index is 12.2. The van der Waals surface area contributed by atoms with Crippen molar-refractivity contribution < 1.29 is 4.79 Å². The van der Waals surface area contributed by atoms with Gasteiger partial charge in [0.15, 0.2) is 0 Å². The molecule has 1 saturated heterocycles. The molecule has 3 N–H and O–H groups in total. The third-order valence-electron chi connectivity index (χ3n) is 2.80. The van der Waals surface area contributed by atoms with Gasteiger partial charge in [-0.3, -0.25) is 9.69 Å². The van der Waals surface area contributed by atoms with Crippen LogP contribution in [0.3, 0.4) is 0 Å². The second kappa shape index (κ2) is 5.15. The van der Waals surface area contributed by atoms with Gasteiger partial charge in [-0.15, -0.1) is 0 Å². The molecule has 0 aromatic heterocycles. The lowest BCUT2D eigenvalue weighted by molar-refractivity contribution is -0.128. The van der Waals surface area contributed by atoms with Crippen molar-refractivity contribution in [2.24, 2.45) is 5.73 Å². The second-order valence-corrected chi connectivity index (χ2v) is 5.79. The first-order valence-electron chi connectivity index (χ1n) is 6.13. The summed E-state index contributed by atoms with van der Waals surface area (Å²) < 4.78 is 0. The summed E-state index contributed by atoms with van der Waals surface area (Å²) in [4.78, 5) is 14.4. The van der Waals surface area contributed by atoms with Crippen LogP contribution in [0.4, 0.5) is 0 Å². The first kappa shape index (κ1) is 13.5. The van der Waals surface area contributed by atoms with Gasteiger partial charge in [-0.05, 0) is 53.6 Å². The number of nitrogens with zero attached hydrogens (tertiary/aromatic N) is 1. The first-order chi connectivity index (χ1) is 7.31. The summed E-state index contributed by atoms with van der Waals surface area (Å²) >= 11 is 0. The lowest BCUT2D eigenvalue weighted by Crippen LogP contribution is -2.57. The van der Waals surface area contributed by atoms with E-state index in [1.165, 1.54) is 12.8 Å². The molecule has 4 nitrogen and oxygen atoms in total. The Labute approximate surface area is 98.6 Å². The Bertz CT molecular complexity index is 239. The van der Waals surface area contributed by atoms with Crippen LogP contribution in [0.5, 0.6) is 0 Å². The zero-order valence-electron chi connectivity index (χ0n) is 10.9. The second-order valence-electron chi connectivity index (χ2n) is 5.79. The van der Waals surface area contributed by atoms with Crippen LogP contribution in [-0.2, 0) is 4.79 Å². The Balaban J connectivity index is 2.66. The summed E-state index contributed by atoms with van der Waals surface area (Å²) in [7, 11) is 0. The fourth-order valence-corrected chi connectivity index (χ4v) is 2.20. The molecule has 0 aromatic rings. The maximum absolute atomic E-state index is 12.2. The van der Waals surface area contributed by atoms with Crippen LogP contribution >= 0.6 is 0 Å². The third kappa shape index (κ3) is 3.76. The summed E-state index contributed by atoms with van der Waals surface area (Å²) in [5.74, 6) is 0.0596. The normalized spacial score (nSPS) is 21.8. The molecule has 0 bridgehead atoms. The number of nitrogens with one attached hydrogen (secondary N) is 1. The molecule has 4 heteroatoms. The van der Waals surface area contributed by atoms with Crippen molar-refractivity contribution in [2.45, 2.75) is 58.2 Å². The maximum Gasteiger partial charge on any atom is 0.239 e. The largest absolute Gasteiger partial charge is 0.350 e. The van der Waals surface area contributed by atoms with Crippen LogP contribution in [0.1, 0.15) is 40.5 Å². The summed E-state index contributed by atoms with van der Waals surface area (Å²) in [6, 6.07) is -0.304. The fraction of sp³-hybridized carbons (Fsp3) is 0.917. The molecule has 1 aliphatic heterocycles. The van der Waals surface area contributed by atoms with Gasteiger partial charge >= 0.3 is 0 Å². The van der Waals surface area contributed by atoms with Gasteiger partial charge in [0.1, 0.15) is 6.04 Å². The van der Waals surface area contributed by atoms with Crippen molar-refractivity contribution in [1.29, 1.82) is 0 Å². The van der Waals surface area contributed by atoms with Crippen LogP contribution in [0.15, 0.2) is 0 Å². The molecule has 94 valence electrons. The zero-order chi connectivity index (χ0) is 12.3. The molecule has 1 amide bonds. The van der Waals surface area contributed by atoms with E-state index in [-0.39, 0.29) is 23.5 Å². The standard InChI is InChI=1S/C12H25N3O/c1-9(13)10(15-7-5-6-8-15)11(16)14-12(2,3)4/h9-10H,5-8,13H2,1-4H3,(H,14,16). The van der Waals surface area contributed by atoms with Gasteiger partial charge in [0, 0.05) is 11.6 Å². The topological polar surface area (TPSA) is 58.4 Å². The summed E-state index contributed by atoms with van der Waals surface area (Å²) in [5, 5.41) is 3.02. The van der Waals surface area contributed by atoms with Crippen LogP contribution in [-0.4, -0.2) is 41.5 Å². The number of rotatable bonds is 3. The zero-order valence-corrected chi connectivity index (χ0v) is 10.9. The van der Waals surface area contributed by atoms with Gasteiger partial charge in [0.2, 0.25) is 5.91 Å². The average molecular weight is 227 g/mol. The van der Waals surface area contributed by atoms with Crippen molar-refractivity contribution in [3.05, 3.63) is 0 Å². The SMILES string of the molecule is CC(N)C(C(=O)NC(C)(C)C)N1CCCC1. The Kier molecular flexibility index (Phi) is 4.33. The molecule has 1 rings (SSSR count). The van der Waals surface area contributed by atoms with Crippen molar-refractivity contribution in [3.8, 4) is 0 Å². The predicted molar refractivity (Wildman–Crippen MR) is 66.1 cm³/mol. The Morgan fingerprint density at radius 3 is 2.19 bits per heavy atom. The Morgan fingerprint density at radius 2 is 1.81 bits per heavy atom. The van der Waals surface area contributed by atoms with Crippen LogP contribution in [0, 0.1) is 0 Å². The highest BCUT2D eigenvalue weighted by Gasteiger charge is 2.32. The number of carbonyl (C=O) groups excluding carboxylic acids is 1. The molecule has 0 aliphatic carbocycles. The van der Waals surface area contributed by atoms with Crippen LogP contribution in [0.2, 0.25) is 0 Å². The van der Waals surface area contributed by atoms with E-state index in [1.54, 1.807) is 0 Å². The number of nitrogens with two attached hydrogens (primary N) is 1. The van der Waals surface area contributed by atoms with Gasteiger partial charge < -0.3 is 11.1 Å². The number of hydrogen-bond donors (Lipinski definition) is 2. The minimum Gasteiger partial charge on any atom is -0.350 e. The van der Waals surface area contributed by atoms with Crippen molar-refractivity contribution in [2.75, 3.05) is 13.1 Å². The molecule has 1 heterocycles. The van der Waals surface area contributed by atoms with Crippen LogP contribution < -0.4 is 11.1 Å². The highest BCUT2D eigenvalue weighted by Crippen LogP contribution is 2.14. The molecule has 0 aromatic carbocycles. The van der Waals surface area contributed by atoms with E-state index in [0.29, 0.717) is 0 Å². The number of hydrogen-bond acceptors (Lipinski definition) is 3. The molecule has 2 unspecified atom stereocenters. The van der Waals surface area contributed by atoms with Gasteiger partial charge in [-0.2, -0.15) is 0 Å². The van der Waals surface area contributed by atoms with E-state index < -0.39 is 0 Å². The van der Waals surface area contributed by atoms with Crippen LogP contribution in [0.25, 0.3) is 0 Å². The molecule has 0 radical (unpaired) electrons. The molecule has 0 saturated carbocycles. The van der Waals surface area contributed by atoms with Gasteiger partial charge in [-0.1, -0.05) is 0 Å². The van der Waals surface area contributed by atoms with Crippen molar-refractivity contribution in [3.63, 3.8) is 0 Å². The number of amides is 1. The van der Waals surface area contributed by atoms with E-state index in [0.717, 1.165) is 13.1 Å². The molecular weight excluding hydrogens is 202 g/mol. The molecule has 0 spiro atoms. The van der Waals surface area contributed by atoms with Gasteiger partial charge in [-0.25, -0.2) is 0 Å². The van der Waals surface area contributed by atoms with Crippen molar-refractivity contribution >= 4 is 5.91 Å². The fourth-order valence-electron chi connectivity index (χ4n) is 2.20. The molecule has 1 fully saturated rings. The number of carbonyl (C=O) groups is 1. The van der Waals surface area contributed by atoms with E-state index in [9.17, 15) is 4.79 Å². The molecule has 1 aliphatic rings. The minimum atomic E-state index is -0.191. The van der Waals surface area contributed by atoms with E-state index in [1.807, 2.05) is 27.7 Å². The third-order valence-corrected chi connectivity index (χ3v) is 2.80. The minimum absolute atomic E-state index is 0.0596. The lowest BCUT2D eigenvalue weighted by Gasteiger charge is -2.32. The molecule has 16 heavy (non-hydrogen) atoms.